The molecule has 2 atom stereocenters. The number of likely N-dealkylation sites (tertiary alicyclic amines) is 1. The average Bonchev–Trinajstić information content (AvgIpc) is 3.25. The number of aryl methyl sites for hydroxylation is 1. The lowest BCUT2D eigenvalue weighted by atomic mass is 10.0. The molecule has 5 nitrogen and oxygen atoms in total. The maximum Gasteiger partial charge on any atom is 0.309 e. The standard InChI is InChI=1S/C18H27N3O2/c1-20-15-6-3-2-5-14(15)19-17(20)16-7-4-10-21(16)11-8-13-9-12-23-18(13)22/h13,16H,2-12H2,1H3/t13-,16+/m1/s1. The van der Waals surface area contributed by atoms with Crippen molar-refractivity contribution in [2.75, 3.05) is 19.7 Å². The lowest BCUT2D eigenvalue weighted by Gasteiger charge is -2.25. The lowest BCUT2D eigenvalue weighted by Crippen LogP contribution is -2.28. The average molecular weight is 317 g/mol. The van der Waals surface area contributed by atoms with Crippen molar-refractivity contribution >= 4 is 5.97 Å². The van der Waals surface area contributed by atoms with Crippen molar-refractivity contribution in [3.05, 3.63) is 17.2 Å². The molecule has 0 spiro atoms. The van der Waals surface area contributed by atoms with E-state index in [2.05, 4.69) is 16.5 Å². The molecule has 0 bridgehead atoms. The highest BCUT2D eigenvalue weighted by Crippen LogP contribution is 2.34. The summed E-state index contributed by atoms with van der Waals surface area (Å²) >= 11 is 0. The molecule has 1 aromatic rings. The van der Waals surface area contributed by atoms with Crippen molar-refractivity contribution in [2.45, 2.75) is 57.4 Å². The van der Waals surface area contributed by atoms with Crippen LogP contribution in [0.2, 0.25) is 0 Å². The van der Waals surface area contributed by atoms with E-state index < -0.39 is 0 Å². The number of carbonyl (C=O) groups excluding carboxylic acids is 1. The molecule has 3 heterocycles. The molecule has 2 fully saturated rings. The Bertz CT molecular complexity index is 595. The van der Waals surface area contributed by atoms with E-state index in [0.717, 1.165) is 32.4 Å². The molecule has 0 amide bonds. The number of carbonyl (C=O) groups is 1. The van der Waals surface area contributed by atoms with E-state index in [1.54, 1.807) is 0 Å². The molecule has 3 aliphatic rings. The van der Waals surface area contributed by atoms with Crippen LogP contribution in [0.5, 0.6) is 0 Å². The van der Waals surface area contributed by atoms with E-state index in [-0.39, 0.29) is 11.9 Å². The van der Waals surface area contributed by atoms with Gasteiger partial charge in [0.2, 0.25) is 0 Å². The van der Waals surface area contributed by atoms with Crippen molar-refractivity contribution in [2.24, 2.45) is 13.0 Å². The molecule has 0 N–H and O–H groups in total. The molecule has 1 aliphatic carbocycles. The molecular formula is C18H27N3O2. The summed E-state index contributed by atoms with van der Waals surface area (Å²) in [6, 6.07) is 0.433. The number of esters is 1. The zero-order chi connectivity index (χ0) is 15.8. The molecule has 0 saturated carbocycles. The van der Waals surface area contributed by atoms with Crippen LogP contribution in [-0.2, 0) is 29.4 Å². The van der Waals surface area contributed by atoms with Gasteiger partial charge in [0.15, 0.2) is 0 Å². The van der Waals surface area contributed by atoms with Gasteiger partial charge in [0.25, 0.3) is 0 Å². The minimum atomic E-state index is 0.00760. The van der Waals surface area contributed by atoms with Crippen LogP contribution in [0.4, 0.5) is 0 Å². The third-order valence-corrected chi connectivity index (χ3v) is 5.88. The second-order valence-corrected chi connectivity index (χ2v) is 7.27. The number of imidazole rings is 1. The van der Waals surface area contributed by atoms with Crippen LogP contribution < -0.4 is 0 Å². The van der Waals surface area contributed by atoms with E-state index in [1.165, 1.54) is 49.3 Å². The predicted octanol–water partition coefficient (Wildman–Crippen LogP) is 2.39. The fourth-order valence-electron chi connectivity index (χ4n) is 4.51. The number of cyclic esters (lactones) is 1. The minimum Gasteiger partial charge on any atom is -0.465 e. The third-order valence-electron chi connectivity index (χ3n) is 5.88. The number of ether oxygens (including phenoxy) is 1. The second kappa shape index (κ2) is 6.27. The fraction of sp³-hybridized carbons (Fsp3) is 0.778. The van der Waals surface area contributed by atoms with Crippen LogP contribution >= 0.6 is 0 Å². The zero-order valence-corrected chi connectivity index (χ0v) is 14.1. The number of rotatable bonds is 4. The van der Waals surface area contributed by atoms with Crippen molar-refractivity contribution < 1.29 is 9.53 Å². The molecule has 126 valence electrons. The highest BCUT2D eigenvalue weighted by atomic mass is 16.5. The molecule has 4 rings (SSSR count). The highest BCUT2D eigenvalue weighted by molar-refractivity contribution is 5.74. The van der Waals surface area contributed by atoms with Gasteiger partial charge in [-0.05, 0) is 64.5 Å². The summed E-state index contributed by atoms with van der Waals surface area (Å²) in [5.74, 6) is 1.38. The van der Waals surface area contributed by atoms with Crippen LogP contribution in [0.15, 0.2) is 0 Å². The Morgan fingerprint density at radius 1 is 1.22 bits per heavy atom. The number of fused-ring (bicyclic) bond motifs is 1. The normalized spacial score (nSPS) is 28.1. The van der Waals surface area contributed by atoms with Crippen LogP contribution in [0.25, 0.3) is 0 Å². The van der Waals surface area contributed by atoms with Gasteiger partial charge in [-0.15, -0.1) is 0 Å². The van der Waals surface area contributed by atoms with E-state index in [1.807, 2.05) is 0 Å². The molecule has 2 saturated heterocycles. The Hall–Kier alpha value is -1.36. The first-order chi connectivity index (χ1) is 11.2. The molecule has 5 heteroatoms. The summed E-state index contributed by atoms with van der Waals surface area (Å²) in [6.07, 6.45) is 9.15. The van der Waals surface area contributed by atoms with E-state index in [9.17, 15) is 4.79 Å². The number of aromatic nitrogens is 2. The Labute approximate surface area is 138 Å². The van der Waals surface area contributed by atoms with Crippen LogP contribution in [0.3, 0.4) is 0 Å². The van der Waals surface area contributed by atoms with Crippen molar-refractivity contribution in [3.8, 4) is 0 Å². The van der Waals surface area contributed by atoms with Crippen molar-refractivity contribution in [3.63, 3.8) is 0 Å². The van der Waals surface area contributed by atoms with Crippen LogP contribution in [0, 0.1) is 5.92 Å². The molecule has 0 aromatic carbocycles. The van der Waals surface area contributed by atoms with E-state index in [4.69, 9.17) is 9.72 Å². The van der Waals surface area contributed by atoms with E-state index in [0.29, 0.717) is 12.6 Å². The summed E-state index contributed by atoms with van der Waals surface area (Å²) in [5.41, 5.74) is 2.79. The van der Waals surface area contributed by atoms with Gasteiger partial charge in [-0.25, -0.2) is 4.98 Å². The molecule has 23 heavy (non-hydrogen) atoms. The first kappa shape index (κ1) is 15.2. The van der Waals surface area contributed by atoms with Crippen molar-refractivity contribution in [1.29, 1.82) is 0 Å². The summed E-state index contributed by atoms with van der Waals surface area (Å²) in [6.45, 7) is 2.73. The first-order valence-corrected chi connectivity index (χ1v) is 9.19. The van der Waals surface area contributed by atoms with Gasteiger partial charge in [0.05, 0.1) is 24.3 Å². The molecule has 0 unspecified atom stereocenters. The maximum absolute atomic E-state index is 11.7. The van der Waals surface area contributed by atoms with Gasteiger partial charge < -0.3 is 9.30 Å². The van der Waals surface area contributed by atoms with Gasteiger partial charge in [0, 0.05) is 12.7 Å². The largest absolute Gasteiger partial charge is 0.465 e. The Kier molecular flexibility index (Phi) is 4.14. The molecule has 2 aliphatic heterocycles. The van der Waals surface area contributed by atoms with Crippen LogP contribution in [-0.4, -0.2) is 40.1 Å². The quantitative estimate of drug-likeness (QED) is 0.800. The minimum absolute atomic E-state index is 0.00760. The van der Waals surface area contributed by atoms with Gasteiger partial charge >= 0.3 is 5.97 Å². The number of nitrogens with zero attached hydrogens (tertiary/aromatic N) is 3. The smallest absolute Gasteiger partial charge is 0.309 e. The van der Waals surface area contributed by atoms with Crippen LogP contribution in [0.1, 0.15) is 61.8 Å². The number of hydrogen-bond acceptors (Lipinski definition) is 4. The summed E-state index contributed by atoms with van der Waals surface area (Å²) in [7, 11) is 2.19. The van der Waals surface area contributed by atoms with E-state index >= 15 is 0 Å². The molecule has 1 aromatic heterocycles. The van der Waals surface area contributed by atoms with Gasteiger partial charge in [0.1, 0.15) is 5.82 Å². The molecular weight excluding hydrogens is 290 g/mol. The monoisotopic (exact) mass is 317 g/mol. The maximum atomic E-state index is 11.7. The number of hydrogen-bond donors (Lipinski definition) is 0. The predicted molar refractivity (Wildman–Crippen MR) is 87.1 cm³/mol. The Morgan fingerprint density at radius 3 is 2.87 bits per heavy atom. The lowest BCUT2D eigenvalue weighted by molar-refractivity contribution is -0.141. The SMILES string of the molecule is Cn1c([C@@H]2CCCN2CC[C@@H]2CCOC2=O)nc2c1CCCC2. The zero-order valence-electron chi connectivity index (χ0n) is 14.1. The van der Waals surface area contributed by atoms with Crippen molar-refractivity contribution in [1.82, 2.24) is 14.5 Å². The summed E-state index contributed by atoms with van der Waals surface area (Å²) < 4.78 is 7.45. The Balaban J connectivity index is 1.47. The topological polar surface area (TPSA) is 47.4 Å². The van der Waals surface area contributed by atoms with Gasteiger partial charge in [-0.1, -0.05) is 0 Å². The van der Waals surface area contributed by atoms with Gasteiger partial charge in [-0.3, -0.25) is 9.69 Å². The summed E-state index contributed by atoms with van der Waals surface area (Å²) in [4.78, 5) is 19.2. The second-order valence-electron chi connectivity index (χ2n) is 7.27. The fourth-order valence-corrected chi connectivity index (χ4v) is 4.51. The highest BCUT2D eigenvalue weighted by Gasteiger charge is 2.33. The first-order valence-electron chi connectivity index (χ1n) is 9.19. The van der Waals surface area contributed by atoms with Gasteiger partial charge in [-0.2, -0.15) is 0 Å². The third kappa shape index (κ3) is 2.80. The Morgan fingerprint density at radius 2 is 2.09 bits per heavy atom. The summed E-state index contributed by atoms with van der Waals surface area (Å²) in [5, 5.41) is 0. The molecule has 0 radical (unpaired) electrons.